The lowest BCUT2D eigenvalue weighted by molar-refractivity contribution is -0.131. The first-order valence-electron chi connectivity index (χ1n) is 8.34. The molecule has 4 rings (SSSR count). The number of carbonyl (C=O) groups is 1. The predicted octanol–water partition coefficient (Wildman–Crippen LogP) is 1.44. The maximum Gasteiger partial charge on any atom is 0.271 e. The number of aromatic nitrogens is 4. The molecule has 7 nitrogen and oxygen atoms in total. The summed E-state index contributed by atoms with van der Waals surface area (Å²) in [4.78, 5) is 35.7. The summed E-state index contributed by atoms with van der Waals surface area (Å²) in [6.07, 6.45) is 6.31. The van der Waals surface area contributed by atoms with Crippen molar-refractivity contribution >= 4 is 27.5 Å². The SMILES string of the molecule is Cc1csc2c(=O)n3c(nc12)CCN(C(=O)CCn1ccnc1)CC3. The molecule has 0 aromatic carbocycles. The number of amides is 1. The van der Waals surface area contributed by atoms with Crippen LogP contribution in [0.2, 0.25) is 0 Å². The van der Waals surface area contributed by atoms with Crippen molar-refractivity contribution in [2.24, 2.45) is 0 Å². The average molecular weight is 357 g/mol. The minimum absolute atomic E-state index is 0.0193. The molecule has 3 aromatic heterocycles. The van der Waals surface area contributed by atoms with E-state index >= 15 is 0 Å². The van der Waals surface area contributed by atoms with Crippen LogP contribution in [-0.2, 0) is 24.3 Å². The van der Waals surface area contributed by atoms with Crippen LogP contribution in [0, 0.1) is 6.92 Å². The van der Waals surface area contributed by atoms with Gasteiger partial charge in [-0.3, -0.25) is 14.2 Å². The molecular formula is C17H19N5O2S. The molecule has 1 aliphatic heterocycles. The normalized spacial score (nSPS) is 14.5. The predicted molar refractivity (Wildman–Crippen MR) is 95.7 cm³/mol. The quantitative estimate of drug-likeness (QED) is 0.711. The molecule has 130 valence electrons. The van der Waals surface area contributed by atoms with E-state index in [1.165, 1.54) is 11.3 Å². The fourth-order valence-corrected chi connectivity index (χ4v) is 4.13. The Bertz CT molecular complexity index is 973. The molecule has 8 heteroatoms. The van der Waals surface area contributed by atoms with Gasteiger partial charge in [0, 0.05) is 51.4 Å². The molecule has 25 heavy (non-hydrogen) atoms. The molecule has 0 radical (unpaired) electrons. The van der Waals surface area contributed by atoms with E-state index in [9.17, 15) is 9.59 Å². The van der Waals surface area contributed by atoms with Crippen LogP contribution in [0.5, 0.6) is 0 Å². The van der Waals surface area contributed by atoms with Gasteiger partial charge in [0.1, 0.15) is 10.5 Å². The molecule has 1 aliphatic rings. The highest BCUT2D eigenvalue weighted by Crippen LogP contribution is 2.21. The van der Waals surface area contributed by atoms with Gasteiger partial charge in [0.25, 0.3) is 5.56 Å². The molecule has 0 unspecified atom stereocenters. The van der Waals surface area contributed by atoms with Crippen molar-refractivity contribution in [3.05, 3.63) is 45.8 Å². The Morgan fingerprint density at radius 2 is 2.20 bits per heavy atom. The van der Waals surface area contributed by atoms with Gasteiger partial charge in [0.05, 0.1) is 11.8 Å². The first kappa shape index (κ1) is 16.0. The molecule has 0 spiro atoms. The Balaban J connectivity index is 1.51. The Morgan fingerprint density at radius 3 is 3.00 bits per heavy atom. The number of thiophene rings is 1. The summed E-state index contributed by atoms with van der Waals surface area (Å²) in [6.45, 7) is 4.25. The Labute approximate surface area is 148 Å². The van der Waals surface area contributed by atoms with E-state index < -0.39 is 0 Å². The lowest BCUT2D eigenvalue weighted by Crippen LogP contribution is -2.34. The Hall–Kier alpha value is -2.48. The zero-order valence-corrected chi connectivity index (χ0v) is 14.8. The molecule has 0 N–H and O–H groups in total. The van der Waals surface area contributed by atoms with Crippen molar-refractivity contribution in [2.75, 3.05) is 13.1 Å². The third-order valence-electron chi connectivity index (χ3n) is 4.63. The van der Waals surface area contributed by atoms with E-state index in [2.05, 4.69) is 4.98 Å². The third kappa shape index (κ3) is 2.97. The molecule has 0 saturated heterocycles. The fourth-order valence-electron chi connectivity index (χ4n) is 3.20. The van der Waals surface area contributed by atoms with Crippen molar-refractivity contribution in [1.29, 1.82) is 0 Å². The van der Waals surface area contributed by atoms with E-state index in [0.29, 0.717) is 43.7 Å². The number of aryl methyl sites for hydroxylation is 2. The van der Waals surface area contributed by atoms with Crippen LogP contribution in [0.15, 0.2) is 28.9 Å². The number of carbonyl (C=O) groups excluding carboxylic acids is 1. The highest BCUT2D eigenvalue weighted by molar-refractivity contribution is 7.17. The van der Waals surface area contributed by atoms with Gasteiger partial charge in [-0.25, -0.2) is 9.97 Å². The lowest BCUT2D eigenvalue weighted by atomic mass is 10.3. The van der Waals surface area contributed by atoms with Crippen molar-refractivity contribution in [3.63, 3.8) is 0 Å². The fraction of sp³-hybridized carbons (Fsp3) is 0.412. The van der Waals surface area contributed by atoms with Crippen LogP contribution in [0.4, 0.5) is 0 Å². The topological polar surface area (TPSA) is 73.0 Å². The first-order valence-corrected chi connectivity index (χ1v) is 9.22. The van der Waals surface area contributed by atoms with Crippen LogP contribution in [0.25, 0.3) is 10.2 Å². The number of hydrogen-bond acceptors (Lipinski definition) is 5. The van der Waals surface area contributed by atoms with Crippen LogP contribution in [0.3, 0.4) is 0 Å². The van der Waals surface area contributed by atoms with Gasteiger partial charge in [0.2, 0.25) is 5.91 Å². The highest BCUT2D eigenvalue weighted by Gasteiger charge is 2.21. The molecule has 0 atom stereocenters. The molecule has 3 aromatic rings. The van der Waals surface area contributed by atoms with Crippen molar-refractivity contribution in [1.82, 2.24) is 24.0 Å². The Morgan fingerprint density at radius 1 is 1.32 bits per heavy atom. The molecule has 0 fully saturated rings. The molecule has 0 saturated carbocycles. The van der Waals surface area contributed by atoms with E-state index in [1.807, 2.05) is 28.0 Å². The van der Waals surface area contributed by atoms with E-state index in [1.54, 1.807) is 17.1 Å². The van der Waals surface area contributed by atoms with Crippen LogP contribution >= 0.6 is 11.3 Å². The van der Waals surface area contributed by atoms with Gasteiger partial charge >= 0.3 is 0 Å². The van der Waals surface area contributed by atoms with Crippen molar-refractivity contribution in [2.45, 2.75) is 32.9 Å². The minimum Gasteiger partial charge on any atom is -0.340 e. The maximum atomic E-state index is 12.7. The van der Waals surface area contributed by atoms with Gasteiger partial charge in [0.15, 0.2) is 0 Å². The molecule has 0 bridgehead atoms. The average Bonchev–Trinajstić information content (AvgIpc) is 3.19. The highest BCUT2D eigenvalue weighted by atomic mass is 32.1. The number of fused-ring (bicyclic) bond motifs is 2. The number of rotatable bonds is 3. The summed E-state index contributed by atoms with van der Waals surface area (Å²) in [5, 5.41) is 1.98. The summed E-state index contributed by atoms with van der Waals surface area (Å²) in [6, 6.07) is 0. The number of hydrogen-bond donors (Lipinski definition) is 0. The van der Waals surface area contributed by atoms with Crippen LogP contribution < -0.4 is 5.56 Å². The summed E-state index contributed by atoms with van der Waals surface area (Å²) < 4.78 is 4.34. The maximum absolute atomic E-state index is 12.7. The summed E-state index contributed by atoms with van der Waals surface area (Å²) in [5.41, 5.74) is 1.87. The van der Waals surface area contributed by atoms with Gasteiger partial charge in [-0.1, -0.05) is 0 Å². The second-order valence-electron chi connectivity index (χ2n) is 6.26. The van der Waals surface area contributed by atoms with Crippen molar-refractivity contribution < 1.29 is 4.79 Å². The zero-order valence-electron chi connectivity index (χ0n) is 14.0. The number of imidazole rings is 1. The summed E-state index contributed by atoms with van der Waals surface area (Å²) >= 11 is 1.45. The minimum atomic E-state index is 0.0193. The molecule has 4 heterocycles. The van der Waals surface area contributed by atoms with E-state index in [-0.39, 0.29) is 11.5 Å². The standard InChI is InChI=1S/C17H19N5O2S/c1-12-10-25-16-15(12)19-13-2-6-21(8-9-22(13)17(16)24)14(23)3-5-20-7-4-18-11-20/h4,7,10-11H,2-3,5-6,8-9H2,1H3. The lowest BCUT2D eigenvalue weighted by Gasteiger charge is -2.19. The van der Waals surface area contributed by atoms with Crippen LogP contribution in [0.1, 0.15) is 17.8 Å². The largest absolute Gasteiger partial charge is 0.340 e. The second kappa shape index (κ2) is 6.44. The zero-order chi connectivity index (χ0) is 17.4. The summed E-state index contributed by atoms with van der Waals surface area (Å²) in [5.74, 6) is 0.886. The molecular weight excluding hydrogens is 338 g/mol. The monoisotopic (exact) mass is 357 g/mol. The van der Waals surface area contributed by atoms with Crippen molar-refractivity contribution in [3.8, 4) is 0 Å². The van der Waals surface area contributed by atoms with Crippen LogP contribution in [-0.4, -0.2) is 43.0 Å². The second-order valence-corrected chi connectivity index (χ2v) is 7.14. The smallest absolute Gasteiger partial charge is 0.271 e. The Kier molecular flexibility index (Phi) is 4.12. The van der Waals surface area contributed by atoms with Gasteiger partial charge in [-0.2, -0.15) is 0 Å². The van der Waals surface area contributed by atoms with Gasteiger partial charge in [-0.05, 0) is 17.9 Å². The number of nitrogens with zero attached hydrogens (tertiary/aromatic N) is 5. The molecule has 1 amide bonds. The summed E-state index contributed by atoms with van der Waals surface area (Å²) in [7, 11) is 0. The first-order chi connectivity index (χ1) is 12.1. The van der Waals surface area contributed by atoms with E-state index in [4.69, 9.17) is 4.98 Å². The van der Waals surface area contributed by atoms with E-state index in [0.717, 1.165) is 16.9 Å². The third-order valence-corrected chi connectivity index (χ3v) is 5.70. The van der Waals surface area contributed by atoms with Gasteiger partial charge in [-0.15, -0.1) is 11.3 Å². The molecule has 0 aliphatic carbocycles. The van der Waals surface area contributed by atoms with Gasteiger partial charge < -0.3 is 9.47 Å².